The molecule has 0 rings (SSSR count). The summed E-state index contributed by atoms with van der Waals surface area (Å²) in [4.78, 5) is 20.3. The van der Waals surface area contributed by atoms with Gasteiger partial charge in [0, 0.05) is 11.9 Å². The van der Waals surface area contributed by atoms with Crippen LogP contribution in [0.3, 0.4) is 0 Å². The molecular weight excluding hydrogens is 449 g/mol. The maximum Gasteiger partial charge on any atom is 2.00 e. The number of aliphatic carboxylic acids is 2. The van der Waals surface area contributed by atoms with Gasteiger partial charge in [-0.1, -0.05) is 155 Å². The summed E-state index contributed by atoms with van der Waals surface area (Å²) >= 11 is 0. The fourth-order valence-corrected chi connectivity index (χ4v) is 4.22. The van der Waals surface area contributed by atoms with Crippen molar-refractivity contribution < 1.29 is 19.8 Å². The van der Waals surface area contributed by atoms with E-state index in [4.69, 9.17) is 0 Å². The zero-order valence-electron chi connectivity index (χ0n) is 23.7. The maximum atomic E-state index is 10.2. The van der Waals surface area contributed by atoms with E-state index in [1.165, 1.54) is 128 Å². The van der Waals surface area contributed by atoms with E-state index < -0.39 is 11.9 Å². The van der Waals surface area contributed by atoms with Crippen molar-refractivity contribution in [1.29, 1.82) is 0 Å². The first-order chi connectivity index (χ1) is 16.5. The van der Waals surface area contributed by atoms with E-state index in [1.54, 1.807) is 0 Å². The Morgan fingerprint density at radius 3 is 0.714 bits per heavy atom. The average Bonchev–Trinajstić information content (AvgIpc) is 2.80. The van der Waals surface area contributed by atoms with Crippen molar-refractivity contribution in [3.63, 3.8) is 0 Å². The van der Waals surface area contributed by atoms with Gasteiger partial charge in [-0.15, -0.1) is 0 Å². The Kier molecular flexibility index (Phi) is 40.2. The van der Waals surface area contributed by atoms with Crippen LogP contribution >= 0.6 is 0 Å². The van der Waals surface area contributed by atoms with Crippen molar-refractivity contribution in [2.45, 2.75) is 181 Å². The van der Waals surface area contributed by atoms with Crippen LogP contribution in [0.15, 0.2) is 0 Å². The van der Waals surface area contributed by atoms with Gasteiger partial charge >= 0.3 is 23.1 Å². The van der Waals surface area contributed by atoms with Crippen molar-refractivity contribution >= 4 is 35.0 Å². The molecule has 0 N–H and O–H groups in total. The minimum atomic E-state index is -0.909. The van der Waals surface area contributed by atoms with Crippen LogP contribution in [0, 0.1) is 0 Å². The van der Waals surface area contributed by atoms with Gasteiger partial charge in [-0.05, 0) is 25.7 Å². The molecule has 0 bridgehead atoms. The molecule has 0 aromatic carbocycles. The maximum absolute atomic E-state index is 10.2. The second kappa shape index (κ2) is 35.9. The molecule has 0 aromatic heterocycles. The number of carboxylic acids is 2. The molecule has 0 heterocycles. The number of hydrogen-bond acceptors (Lipinski definition) is 4. The van der Waals surface area contributed by atoms with Crippen LogP contribution < -0.4 is 10.2 Å². The van der Waals surface area contributed by atoms with Gasteiger partial charge in [-0.2, -0.15) is 0 Å². The molecule has 0 aromatic rings. The largest absolute Gasteiger partial charge is 2.00 e. The number of carboxylic acid groups (broad SMARTS) is 2. The quantitative estimate of drug-likeness (QED) is 0.0911. The normalized spacial score (nSPS) is 10.3. The molecule has 0 saturated carbocycles. The molecular formula is C30H58MgO4. The summed E-state index contributed by atoms with van der Waals surface area (Å²) in [7, 11) is 0. The van der Waals surface area contributed by atoms with Gasteiger partial charge in [0.1, 0.15) is 0 Å². The molecule has 204 valence electrons. The fraction of sp³-hybridized carbons (Fsp3) is 0.933. The Hall–Kier alpha value is -0.294. The predicted molar refractivity (Wildman–Crippen MR) is 147 cm³/mol. The van der Waals surface area contributed by atoms with Crippen molar-refractivity contribution in [3.8, 4) is 0 Å². The molecule has 4 nitrogen and oxygen atoms in total. The van der Waals surface area contributed by atoms with Gasteiger partial charge in [0.15, 0.2) is 0 Å². The first kappa shape index (κ1) is 39.2. The molecule has 0 atom stereocenters. The number of unbranched alkanes of at least 4 members (excludes halogenated alkanes) is 22. The second-order valence-corrected chi connectivity index (χ2v) is 10.0. The summed E-state index contributed by atoms with van der Waals surface area (Å²) in [5.74, 6) is -1.81. The van der Waals surface area contributed by atoms with E-state index in [0.29, 0.717) is 0 Å². The summed E-state index contributed by atoms with van der Waals surface area (Å²) in [5, 5.41) is 20.3. The van der Waals surface area contributed by atoms with Gasteiger partial charge in [0.2, 0.25) is 0 Å². The van der Waals surface area contributed by atoms with Crippen molar-refractivity contribution in [2.75, 3.05) is 0 Å². The molecule has 0 aliphatic rings. The number of hydrogen-bond donors (Lipinski definition) is 0. The van der Waals surface area contributed by atoms with Crippen LogP contribution in [0.4, 0.5) is 0 Å². The molecule has 0 unspecified atom stereocenters. The zero-order valence-corrected chi connectivity index (χ0v) is 25.1. The Balaban J connectivity index is -0.000000603. The Bertz CT molecular complexity index is 415. The van der Waals surface area contributed by atoms with Gasteiger partial charge in [0.25, 0.3) is 0 Å². The SMILES string of the molecule is CCCCCCCCCCCC(=O)[O-].CCCCCCCCCCCCCCCCCC(=O)[O-].[Mg+2]. The van der Waals surface area contributed by atoms with Crippen LogP contribution in [0.25, 0.3) is 0 Å². The molecule has 0 amide bonds. The van der Waals surface area contributed by atoms with E-state index in [9.17, 15) is 19.8 Å². The van der Waals surface area contributed by atoms with E-state index in [0.717, 1.165) is 25.7 Å². The molecule has 0 aliphatic heterocycles. The van der Waals surface area contributed by atoms with Crippen LogP contribution in [0.1, 0.15) is 181 Å². The summed E-state index contributed by atoms with van der Waals surface area (Å²) in [6.45, 7) is 4.49. The van der Waals surface area contributed by atoms with E-state index in [2.05, 4.69) is 13.8 Å². The van der Waals surface area contributed by atoms with Gasteiger partial charge < -0.3 is 19.8 Å². The molecule has 0 aliphatic carbocycles. The summed E-state index contributed by atoms with van der Waals surface area (Å²) in [6.07, 6.45) is 31.0. The standard InChI is InChI=1S/C18H36O2.C12H24O2.Mg/c1-2-3-4-5-6-7-8-9-10-11-12-13-14-15-16-17-18(19)20;1-2-3-4-5-6-7-8-9-10-11-12(13)14;/h2-17H2,1H3,(H,19,20);2-11H2,1H3,(H,13,14);/q;;+2/p-2. The van der Waals surface area contributed by atoms with Crippen LogP contribution in [-0.2, 0) is 9.59 Å². The molecule has 5 heteroatoms. The third kappa shape index (κ3) is 44.1. The van der Waals surface area contributed by atoms with E-state index in [1.807, 2.05) is 0 Å². The minimum Gasteiger partial charge on any atom is -0.550 e. The first-order valence-electron chi connectivity index (χ1n) is 14.9. The van der Waals surface area contributed by atoms with Crippen LogP contribution in [-0.4, -0.2) is 35.0 Å². The van der Waals surface area contributed by atoms with Crippen molar-refractivity contribution in [2.24, 2.45) is 0 Å². The molecule has 35 heavy (non-hydrogen) atoms. The third-order valence-corrected chi connectivity index (χ3v) is 6.47. The molecule has 0 saturated heterocycles. The molecule has 0 fully saturated rings. The predicted octanol–water partition coefficient (Wildman–Crippen LogP) is 7.27. The topological polar surface area (TPSA) is 80.3 Å². The Labute approximate surface area is 235 Å². The third-order valence-electron chi connectivity index (χ3n) is 6.47. The first-order valence-corrected chi connectivity index (χ1v) is 14.9. The van der Waals surface area contributed by atoms with Crippen LogP contribution in [0.2, 0.25) is 0 Å². The Morgan fingerprint density at radius 1 is 0.371 bits per heavy atom. The van der Waals surface area contributed by atoms with E-state index in [-0.39, 0.29) is 35.9 Å². The summed E-state index contributed by atoms with van der Waals surface area (Å²) < 4.78 is 0. The minimum absolute atomic E-state index is 0. The van der Waals surface area contributed by atoms with Gasteiger partial charge in [-0.25, -0.2) is 0 Å². The van der Waals surface area contributed by atoms with Crippen molar-refractivity contribution in [1.82, 2.24) is 0 Å². The Morgan fingerprint density at radius 2 is 0.543 bits per heavy atom. The fourth-order valence-electron chi connectivity index (χ4n) is 4.22. The zero-order chi connectivity index (χ0) is 25.5. The monoisotopic (exact) mass is 506 g/mol. The molecule has 0 radical (unpaired) electrons. The number of carbonyl (C=O) groups is 2. The van der Waals surface area contributed by atoms with Gasteiger partial charge in [0.05, 0.1) is 0 Å². The van der Waals surface area contributed by atoms with E-state index >= 15 is 0 Å². The summed E-state index contributed by atoms with van der Waals surface area (Å²) in [5.41, 5.74) is 0. The summed E-state index contributed by atoms with van der Waals surface area (Å²) in [6, 6.07) is 0. The number of rotatable bonds is 26. The van der Waals surface area contributed by atoms with Gasteiger partial charge in [-0.3, -0.25) is 0 Å². The smallest absolute Gasteiger partial charge is 0.550 e. The van der Waals surface area contributed by atoms with Crippen LogP contribution in [0.5, 0.6) is 0 Å². The van der Waals surface area contributed by atoms with Crippen molar-refractivity contribution in [3.05, 3.63) is 0 Å². The second-order valence-electron chi connectivity index (χ2n) is 10.0. The average molecular weight is 507 g/mol. The number of carbonyl (C=O) groups excluding carboxylic acids is 2. The molecule has 0 spiro atoms.